The molecular formula is C24H32N4O2. The number of carbonyl (C=O) groups is 1. The van der Waals surface area contributed by atoms with Crippen molar-refractivity contribution in [1.82, 2.24) is 20.0 Å². The molecule has 1 spiro atoms. The van der Waals surface area contributed by atoms with E-state index in [9.17, 15) is 4.79 Å². The van der Waals surface area contributed by atoms with Gasteiger partial charge in [0.05, 0.1) is 6.20 Å². The molecule has 6 heteroatoms. The molecule has 2 aromatic rings. The van der Waals surface area contributed by atoms with Gasteiger partial charge in [-0.05, 0) is 50.2 Å². The standard InChI is InChI=1S/C24H32N4O2/c1-27-16-18(15-25-27)17-28-11-9-24(10-12-28)14-19(13-23(29)26-20-5-4-6-20)21-7-2-3-8-22(21)30-24/h2-3,7-8,15-16,19-20H,4-6,9-14,17H2,1H3,(H,26,29)/t19-/m0/s1. The lowest BCUT2D eigenvalue weighted by molar-refractivity contribution is -0.123. The first-order chi connectivity index (χ1) is 14.6. The van der Waals surface area contributed by atoms with Gasteiger partial charge in [-0.1, -0.05) is 18.2 Å². The summed E-state index contributed by atoms with van der Waals surface area (Å²) in [6.45, 7) is 2.96. The molecule has 1 aromatic carbocycles. The molecular weight excluding hydrogens is 376 g/mol. The Morgan fingerprint density at radius 1 is 1.27 bits per heavy atom. The molecule has 6 nitrogen and oxygen atoms in total. The van der Waals surface area contributed by atoms with Crippen molar-refractivity contribution in [3.8, 4) is 5.75 Å². The van der Waals surface area contributed by atoms with Gasteiger partial charge in [0, 0.05) is 56.8 Å². The maximum absolute atomic E-state index is 12.7. The van der Waals surface area contributed by atoms with Crippen LogP contribution in [0.25, 0.3) is 0 Å². The molecule has 5 rings (SSSR count). The predicted molar refractivity (Wildman–Crippen MR) is 115 cm³/mol. The molecule has 0 bridgehead atoms. The molecule has 2 fully saturated rings. The zero-order valence-corrected chi connectivity index (χ0v) is 17.8. The van der Waals surface area contributed by atoms with Gasteiger partial charge >= 0.3 is 0 Å². The molecule has 2 aliphatic heterocycles. The lowest BCUT2D eigenvalue weighted by Gasteiger charge is -2.47. The topological polar surface area (TPSA) is 59.4 Å². The van der Waals surface area contributed by atoms with Gasteiger partial charge in [-0.3, -0.25) is 14.4 Å². The Kier molecular flexibility index (Phi) is 5.27. The molecule has 1 aliphatic carbocycles. The zero-order chi connectivity index (χ0) is 20.6. The van der Waals surface area contributed by atoms with Crippen LogP contribution in [0.15, 0.2) is 36.7 Å². The number of carbonyl (C=O) groups excluding carboxylic acids is 1. The van der Waals surface area contributed by atoms with Crippen LogP contribution in [0.4, 0.5) is 0 Å². The van der Waals surface area contributed by atoms with Gasteiger partial charge in [-0.2, -0.15) is 5.10 Å². The van der Waals surface area contributed by atoms with E-state index in [-0.39, 0.29) is 17.4 Å². The van der Waals surface area contributed by atoms with Gasteiger partial charge in [0.25, 0.3) is 0 Å². The van der Waals surface area contributed by atoms with Gasteiger partial charge in [0.1, 0.15) is 11.4 Å². The van der Waals surface area contributed by atoms with Crippen LogP contribution in [0.5, 0.6) is 5.75 Å². The molecule has 1 saturated heterocycles. The highest BCUT2D eigenvalue weighted by Crippen LogP contribution is 2.46. The highest BCUT2D eigenvalue weighted by atomic mass is 16.5. The van der Waals surface area contributed by atoms with Crippen LogP contribution < -0.4 is 10.1 Å². The largest absolute Gasteiger partial charge is 0.487 e. The lowest BCUT2D eigenvalue weighted by Crippen LogP contribution is -2.50. The summed E-state index contributed by atoms with van der Waals surface area (Å²) in [5.41, 5.74) is 2.31. The zero-order valence-electron chi connectivity index (χ0n) is 17.8. The van der Waals surface area contributed by atoms with Crippen molar-refractivity contribution in [3.05, 3.63) is 47.8 Å². The van der Waals surface area contributed by atoms with Crippen molar-refractivity contribution in [3.63, 3.8) is 0 Å². The Hall–Kier alpha value is -2.34. The van der Waals surface area contributed by atoms with Crippen molar-refractivity contribution in [2.75, 3.05) is 13.1 Å². The number of likely N-dealkylation sites (tertiary alicyclic amines) is 1. The second kappa shape index (κ2) is 8.06. The Morgan fingerprint density at radius 3 is 2.77 bits per heavy atom. The van der Waals surface area contributed by atoms with E-state index in [0.29, 0.717) is 12.5 Å². The summed E-state index contributed by atoms with van der Waals surface area (Å²) in [7, 11) is 1.96. The maximum Gasteiger partial charge on any atom is 0.220 e. The van der Waals surface area contributed by atoms with Crippen molar-refractivity contribution >= 4 is 5.91 Å². The second-order valence-electron chi connectivity index (χ2n) is 9.42. The summed E-state index contributed by atoms with van der Waals surface area (Å²) in [5.74, 6) is 1.41. The number of nitrogens with zero attached hydrogens (tertiary/aromatic N) is 3. The summed E-state index contributed by atoms with van der Waals surface area (Å²) in [6.07, 6.45) is 11.1. The average molecular weight is 409 g/mol. The summed E-state index contributed by atoms with van der Waals surface area (Å²) in [6, 6.07) is 8.72. The van der Waals surface area contributed by atoms with Crippen molar-refractivity contribution in [2.45, 2.75) is 69.1 Å². The number of aryl methyl sites for hydroxylation is 1. The number of benzene rings is 1. The number of ether oxygens (including phenoxy) is 1. The number of amides is 1. The van der Waals surface area contributed by atoms with E-state index in [1.807, 2.05) is 24.0 Å². The van der Waals surface area contributed by atoms with Crippen molar-refractivity contribution in [1.29, 1.82) is 0 Å². The minimum atomic E-state index is -0.152. The molecule has 3 heterocycles. The highest BCUT2D eigenvalue weighted by Gasteiger charge is 2.43. The fourth-order valence-electron chi connectivity index (χ4n) is 5.23. The molecule has 0 unspecified atom stereocenters. The van der Waals surface area contributed by atoms with Crippen LogP contribution in [-0.4, -0.2) is 45.3 Å². The van der Waals surface area contributed by atoms with E-state index >= 15 is 0 Å². The fourth-order valence-corrected chi connectivity index (χ4v) is 5.23. The fraction of sp³-hybridized carbons (Fsp3) is 0.583. The number of hydrogen-bond donors (Lipinski definition) is 1. The van der Waals surface area contributed by atoms with E-state index in [1.165, 1.54) is 17.5 Å². The lowest BCUT2D eigenvalue weighted by atomic mass is 9.76. The molecule has 3 aliphatic rings. The van der Waals surface area contributed by atoms with Gasteiger partial charge in [0.2, 0.25) is 5.91 Å². The summed E-state index contributed by atoms with van der Waals surface area (Å²) in [4.78, 5) is 15.2. The molecule has 1 saturated carbocycles. The van der Waals surface area contributed by atoms with Crippen LogP contribution >= 0.6 is 0 Å². The SMILES string of the molecule is Cn1cc(CN2CCC3(CC2)C[C@H](CC(=O)NC2CCC2)c2ccccc2O3)cn1. The quantitative estimate of drug-likeness (QED) is 0.824. The summed E-state index contributed by atoms with van der Waals surface area (Å²) < 4.78 is 8.48. The Morgan fingerprint density at radius 2 is 2.07 bits per heavy atom. The highest BCUT2D eigenvalue weighted by molar-refractivity contribution is 5.77. The van der Waals surface area contributed by atoms with Crippen LogP contribution in [-0.2, 0) is 18.4 Å². The number of piperidine rings is 1. The van der Waals surface area contributed by atoms with Crippen LogP contribution in [0.2, 0.25) is 0 Å². The number of fused-ring (bicyclic) bond motifs is 1. The predicted octanol–water partition coefficient (Wildman–Crippen LogP) is 3.38. The van der Waals surface area contributed by atoms with Crippen molar-refractivity contribution in [2.24, 2.45) is 7.05 Å². The first kappa shape index (κ1) is 19.6. The van der Waals surface area contributed by atoms with E-state index in [4.69, 9.17) is 4.74 Å². The second-order valence-corrected chi connectivity index (χ2v) is 9.42. The summed E-state index contributed by atoms with van der Waals surface area (Å²) in [5, 5.41) is 7.51. The maximum atomic E-state index is 12.7. The number of nitrogens with one attached hydrogen (secondary N) is 1. The third-order valence-electron chi connectivity index (χ3n) is 7.14. The summed E-state index contributed by atoms with van der Waals surface area (Å²) >= 11 is 0. The van der Waals surface area contributed by atoms with Crippen LogP contribution in [0.1, 0.15) is 62.0 Å². The van der Waals surface area contributed by atoms with E-state index in [0.717, 1.165) is 57.5 Å². The van der Waals surface area contributed by atoms with E-state index in [2.05, 4.69) is 39.7 Å². The van der Waals surface area contributed by atoms with E-state index in [1.54, 1.807) is 0 Å². The number of para-hydroxylation sites is 1. The van der Waals surface area contributed by atoms with Gasteiger partial charge in [-0.15, -0.1) is 0 Å². The Balaban J connectivity index is 1.26. The van der Waals surface area contributed by atoms with Gasteiger partial charge < -0.3 is 10.1 Å². The number of hydrogen-bond acceptors (Lipinski definition) is 4. The third-order valence-corrected chi connectivity index (χ3v) is 7.14. The van der Waals surface area contributed by atoms with Gasteiger partial charge in [0.15, 0.2) is 0 Å². The molecule has 1 amide bonds. The molecule has 160 valence electrons. The molecule has 1 atom stereocenters. The molecule has 0 radical (unpaired) electrons. The first-order valence-electron chi connectivity index (χ1n) is 11.4. The van der Waals surface area contributed by atoms with Gasteiger partial charge in [-0.25, -0.2) is 0 Å². The minimum Gasteiger partial charge on any atom is -0.487 e. The average Bonchev–Trinajstić information content (AvgIpc) is 3.11. The molecule has 1 aromatic heterocycles. The number of rotatable bonds is 5. The first-order valence-corrected chi connectivity index (χ1v) is 11.4. The normalized spacial score (nSPS) is 23.4. The minimum absolute atomic E-state index is 0.152. The van der Waals surface area contributed by atoms with Crippen LogP contribution in [0, 0.1) is 0 Å². The monoisotopic (exact) mass is 408 g/mol. The smallest absolute Gasteiger partial charge is 0.220 e. The Labute approximate surface area is 178 Å². The molecule has 1 N–H and O–H groups in total. The van der Waals surface area contributed by atoms with Crippen LogP contribution in [0.3, 0.4) is 0 Å². The molecule has 30 heavy (non-hydrogen) atoms. The number of aromatic nitrogens is 2. The van der Waals surface area contributed by atoms with Crippen molar-refractivity contribution < 1.29 is 9.53 Å². The third kappa shape index (κ3) is 4.10. The van der Waals surface area contributed by atoms with E-state index < -0.39 is 0 Å². The Bertz CT molecular complexity index is 896.